The number of benzene rings is 1. The van der Waals surface area contributed by atoms with Gasteiger partial charge in [-0.05, 0) is 18.6 Å². The molecule has 0 atom stereocenters. The van der Waals surface area contributed by atoms with Crippen LogP contribution in [0.25, 0.3) is 0 Å². The number of imide groups is 1. The second-order valence-electron chi connectivity index (χ2n) is 7.50. The number of anilines is 1. The molecule has 2 heterocycles. The first-order chi connectivity index (χ1) is 12.8. The first kappa shape index (κ1) is 18.7. The van der Waals surface area contributed by atoms with E-state index in [-0.39, 0.29) is 36.1 Å². The lowest BCUT2D eigenvalue weighted by molar-refractivity contribution is -0.116. The highest BCUT2D eigenvalue weighted by atomic mass is 16.2. The normalized spacial score (nSPS) is 13.7. The molecule has 0 fully saturated rings. The number of hydrogen-bond donors (Lipinski definition) is 1. The molecular weight excluding hydrogens is 344 g/mol. The highest BCUT2D eigenvalue weighted by molar-refractivity contribution is 6.21. The van der Waals surface area contributed by atoms with E-state index in [2.05, 4.69) is 15.3 Å². The molecule has 140 valence electrons. The van der Waals surface area contributed by atoms with Gasteiger partial charge in [-0.1, -0.05) is 32.9 Å². The SMILES string of the molecule is CC(C)(C)c1ncc(NC(=O)CCCN2C(=O)c3ccccc3C2=O)cn1. The van der Waals surface area contributed by atoms with E-state index in [1.165, 1.54) is 4.90 Å². The van der Waals surface area contributed by atoms with Crippen molar-refractivity contribution in [3.63, 3.8) is 0 Å². The molecule has 2 aromatic rings. The van der Waals surface area contributed by atoms with Gasteiger partial charge in [0.25, 0.3) is 11.8 Å². The molecule has 0 unspecified atom stereocenters. The van der Waals surface area contributed by atoms with E-state index in [4.69, 9.17) is 0 Å². The van der Waals surface area contributed by atoms with E-state index in [0.29, 0.717) is 29.1 Å². The smallest absolute Gasteiger partial charge is 0.261 e. The summed E-state index contributed by atoms with van der Waals surface area (Å²) < 4.78 is 0. The van der Waals surface area contributed by atoms with E-state index >= 15 is 0 Å². The summed E-state index contributed by atoms with van der Waals surface area (Å²) in [6, 6.07) is 6.75. The second kappa shape index (κ2) is 7.26. The van der Waals surface area contributed by atoms with Crippen LogP contribution < -0.4 is 5.32 Å². The lowest BCUT2D eigenvalue weighted by Crippen LogP contribution is -2.31. The van der Waals surface area contributed by atoms with Crippen molar-refractivity contribution in [3.8, 4) is 0 Å². The summed E-state index contributed by atoms with van der Waals surface area (Å²) >= 11 is 0. The van der Waals surface area contributed by atoms with Crippen LogP contribution in [0.1, 0.15) is 60.2 Å². The summed E-state index contributed by atoms with van der Waals surface area (Å²) in [6.45, 7) is 6.25. The molecule has 0 saturated heterocycles. The summed E-state index contributed by atoms with van der Waals surface area (Å²) in [5.41, 5.74) is 1.20. The number of amides is 3. The van der Waals surface area contributed by atoms with Gasteiger partial charge >= 0.3 is 0 Å². The topological polar surface area (TPSA) is 92.3 Å². The first-order valence-electron chi connectivity index (χ1n) is 8.85. The van der Waals surface area contributed by atoms with E-state index in [0.717, 1.165) is 0 Å². The Bertz CT molecular complexity index is 850. The van der Waals surface area contributed by atoms with Gasteiger partial charge in [0.05, 0.1) is 29.2 Å². The Morgan fingerprint density at radius 3 is 2.11 bits per heavy atom. The van der Waals surface area contributed by atoms with Gasteiger partial charge in [0.15, 0.2) is 0 Å². The number of aromatic nitrogens is 2. The average Bonchev–Trinajstić information content (AvgIpc) is 2.87. The van der Waals surface area contributed by atoms with Crippen molar-refractivity contribution < 1.29 is 14.4 Å². The number of carbonyl (C=O) groups excluding carboxylic acids is 3. The quantitative estimate of drug-likeness (QED) is 0.822. The number of rotatable bonds is 5. The molecule has 1 aliphatic rings. The summed E-state index contributed by atoms with van der Waals surface area (Å²) in [6.07, 6.45) is 3.73. The van der Waals surface area contributed by atoms with Crippen LogP contribution in [0.2, 0.25) is 0 Å². The molecule has 1 N–H and O–H groups in total. The van der Waals surface area contributed by atoms with Crippen molar-refractivity contribution in [3.05, 3.63) is 53.6 Å². The van der Waals surface area contributed by atoms with Crippen LogP contribution in [0.3, 0.4) is 0 Å². The van der Waals surface area contributed by atoms with Gasteiger partial charge in [0, 0.05) is 18.4 Å². The molecular formula is C20H22N4O3. The molecule has 1 aromatic heterocycles. The molecule has 0 aliphatic carbocycles. The largest absolute Gasteiger partial charge is 0.323 e. The zero-order valence-electron chi connectivity index (χ0n) is 15.7. The van der Waals surface area contributed by atoms with E-state index in [9.17, 15) is 14.4 Å². The molecule has 0 spiro atoms. The Morgan fingerprint density at radius 2 is 1.59 bits per heavy atom. The summed E-state index contributed by atoms with van der Waals surface area (Å²) in [7, 11) is 0. The standard InChI is InChI=1S/C20H22N4O3/c1-20(2,3)19-21-11-13(12-22-19)23-16(25)9-6-10-24-17(26)14-7-4-5-8-15(14)18(24)27/h4-5,7-8,11-12H,6,9-10H2,1-3H3,(H,23,25). The van der Waals surface area contributed by atoms with Crippen LogP contribution in [-0.2, 0) is 10.2 Å². The van der Waals surface area contributed by atoms with Crippen LogP contribution >= 0.6 is 0 Å². The molecule has 0 radical (unpaired) electrons. The minimum absolute atomic E-state index is 0.158. The van der Waals surface area contributed by atoms with Crippen LogP contribution in [0.4, 0.5) is 5.69 Å². The summed E-state index contributed by atoms with van der Waals surface area (Å²) in [5, 5.41) is 2.73. The third kappa shape index (κ3) is 4.02. The highest BCUT2D eigenvalue weighted by Gasteiger charge is 2.34. The van der Waals surface area contributed by atoms with Gasteiger partial charge in [0.2, 0.25) is 5.91 Å². The second-order valence-corrected chi connectivity index (χ2v) is 7.50. The van der Waals surface area contributed by atoms with Crippen molar-refractivity contribution in [2.45, 2.75) is 39.0 Å². The number of nitrogens with one attached hydrogen (secondary N) is 1. The predicted octanol–water partition coefficient (Wildman–Crippen LogP) is 2.79. The Balaban J connectivity index is 1.51. The molecule has 1 aliphatic heterocycles. The van der Waals surface area contributed by atoms with Gasteiger partial charge in [-0.15, -0.1) is 0 Å². The molecule has 1 aromatic carbocycles. The number of hydrogen-bond acceptors (Lipinski definition) is 5. The molecule has 0 bridgehead atoms. The van der Waals surface area contributed by atoms with Crippen molar-refractivity contribution in [2.24, 2.45) is 0 Å². The Labute approximate surface area is 157 Å². The van der Waals surface area contributed by atoms with Gasteiger partial charge < -0.3 is 5.32 Å². The molecule has 7 heteroatoms. The molecule has 3 rings (SSSR count). The predicted molar refractivity (Wildman–Crippen MR) is 100 cm³/mol. The van der Waals surface area contributed by atoms with E-state index in [1.807, 2.05) is 20.8 Å². The zero-order chi connectivity index (χ0) is 19.6. The summed E-state index contributed by atoms with van der Waals surface area (Å²) in [5.74, 6) is -0.116. The lowest BCUT2D eigenvalue weighted by atomic mass is 9.96. The van der Waals surface area contributed by atoms with Gasteiger partial charge in [-0.3, -0.25) is 19.3 Å². The van der Waals surface area contributed by atoms with Gasteiger partial charge in [-0.25, -0.2) is 9.97 Å². The van der Waals surface area contributed by atoms with E-state index < -0.39 is 0 Å². The zero-order valence-corrected chi connectivity index (χ0v) is 15.7. The van der Waals surface area contributed by atoms with Crippen LogP contribution in [0, 0.1) is 0 Å². The third-order valence-corrected chi connectivity index (χ3v) is 4.27. The third-order valence-electron chi connectivity index (χ3n) is 4.27. The van der Waals surface area contributed by atoms with Gasteiger partial charge in [0.1, 0.15) is 5.82 Å². The Kier molecular flexibility index (Phi) is 5.03. The number of nitrogens with zero attached hydrogens (tertiary/aromatic N) is 3. The van der Waals surface area contributed by atoms with Crippen molar-refractivity contribution in [2.75, 3.05) is 11.9 Å². The monoisotopic (exact) mass is 366 g/mol. The summed E-state index contributed by atoms with van der Waals surface area (Å²) in [4.78, 5) is 46.4. The minimum atomic E-state index is -0.304. The first-order valence-corrected chi connectivity index (χ1v) is 8.85. The lowest BCUT2D eigenvalue weighted by Gasteiger charge is -2.16. The van der Waals surface area contributed by atoms with Crippen molar-refractivity contribution in [1.29, 1.82) is 0 Å². The fraction of sp³-hybridized carbons (Fsp3) is 0.350. The maximum absolute atomic E-state index is 12.3. The molecule has 3 amide bonds. The van der Waals surface area contributed by atoms with Crippen molar-refractivity contribution >= 4 is 23.4 Å². The highest BCUT2D eigenvalue weighted by Crippen LogP contribution is 2.23. The van der Waals surface area contributed by atoms with Crippen LogP contribution in [0.5, 0.6) is 0 Å². The number of carbonyl (C=O) groups is 3. The van der Waals surface area contributed by atoms with Crippen LogP contribution in [0.15, 0.2) is 36.7 Å². The Hall–Kier alpha value is -3.09. The van der Waals surface area contributed by atoms with Crippen molar-refractivity contribution in [1.82, 2.24) is 14.9 Å². The maximum atomic E-state index is 12.3. The van der Waals surface area contributed by atoms with Gasteiger partial charge in [-0.2, -0.15) is 0 Å². The minimum Gasteiger partial charge on any atom is -0.323 e. The Morgan fingerprint density at radius 1 is 1.04 bits per heavy atom. The fourth-order valence-corrected chi connectivity index (χ4v) is 2.84. The van der Waals surface area contributed by atoms with Crippen LogP contribution in [-0.4, -0.2) is 39.1 Å². The molecule has 27 heavy (non-hydrogen) atoms. The fourth-order valence-electron chi connectivity index (χ4n) is 2.84. The maximum Gasteiger partial charge on any atom is 0.261 e. The number of fused-ring (bicyclic) bond motifs is 1. The van der Waals surface area contributed by atoms with E-state index in [1.54, 1.807) is 36.7 Å². The molecule has 0 saturated carbocycles. The average molecular weight is 366 g/mol. The molecule has 7 nitrogen and oxygen atoms in total.